The van der Waals surface area contributed by atoms with E-state index < -0.39 is 0 Å². The lowest BCUT2D eigenvalue weighted by Gasteiger charge is -2.18. The van der Waals surface area contributed by atoms with Gasteiger partial charge in [0.1, 0.15) is 11.9 Å². The second kappa shape index (κ2) is 5.85. The number of rotatable bonds is 4. The van der Waals surface area contributed by atoms with Gasteiger partial charge in [-0.3, -0.25) is 4.79 Å². The Hall–Kier alpha value is -2.89. The molecule has 1 amide bonds. The van der Waals surface area contributed by atoms with E-state index in [9.17, 15) is 4.79 Å². The molecular weight excluding hydrogens is 280 g/mol. The third kappa shape index (κ3) is 2.76. The highest BCUT2D eigenvalue weighted by molar-refractivity contribution is 5.91. The minimum atomic E-state index is -0.362. The first-order valence-electron chi connectivity index (χ1n) is 6.91. The summed E-state index contributed by atoms with van der Waals surface area (Å²) >= 11 is 0. The zero-order chi connectivity index (χ0) is 15.5. The third-order valence-electron chi connectivity index (χ3n) is 3.38. The number of nitrogens with zero attached hydrogens (tertiary/aromatic N) is 3. The van der Waals surface area contributed by atoms with Crippen molar-refractivity contribution < 1.29 is 9.32 Å². The van der Waals surface area contributed by atoms with Gasteiger partial charge in [-0.15, -0.1) is 0 Å². The van der Waals surface area contributed by atoms with Crippen LogP contribution in [-0.4, -0.2) is 20.6 Å². The van der Waals surface area contributed by atoms with E-state index in [1.165, 1.54) is 0 Å². The quantitative estimate of drug-likeness (QED) is 0.801. The molecule has 112 valence electrons. The molecule has 2 heterocycles. The van der Waals surface area contributed by atoms with Crippen molar-refractivity contribution in [3.8, 4) is 0 Å². The van der Waals surface area contributed by atoms with Gasteiger partial charge < -0.3 is 14.4 Å². The molecule has 0 spiro atoms. The number of imidazole rings is 1. The van der Waals surface area contributed by atoms with E-state index in [1.807, 2.05) is 48.1 Å². The van der Waals surface area contributed by atoms with Gasteiger partial charge in [0.05, 0.1) is 5.69 Å². The topological polar surface area (TPSA) is 73.0 Å². The van der Waals surface area contributed by atoms with Crippen LogP contribution in [0.3, 0.4) is 0 Å². The molecule has 1 N–H and O–H groups in total. The maximum Gasteiger partial charge on any atom is 0.290 e. The Labute approximate surface area is 127 Å². The lowest BCUT2D eigenvalue weighted by Crippen LogP contribution is -2.30. The summed E-state index contributed by atoms with van der Waals surface area (Å²) in [6.07, 6.45) is 3.55. The second-order valence-electron chi connectivity index (χ2n) is 5.05. The largest absolute Gasteiger partial charge is 0.351 e. The molecule has 1 unspecified atom stereocenters. The van der Waals surface area contributed by atoms with Crippen molar-refractivity contribution in [1.29, 1.82) is 0 Å². The standard InChI is InChI=1S/C16H16N4O2/c1-11-10-13(22-19-11)16(21)18-14(12-6-4-3-5-7-12)15-17-8-9-20(15)2/h3-10,14H,1-2H3,(H,18,21). The van der Waals surface area contributed by atoms with Crippen LogP contribution in [0.25, 0.3) is 0 Å². The molecule has 0 saturated heterocycles. The summed E-state index contributed by atoms with van der Waals surface area (Å²) in [4.78, 5) is 16.7. The molecule has 0 aliphatic rings. The van der Waals surface area contributed by atoms with Gasteiger partial charge in [-0.1, -0.05) is 35.5 Å². The summed E-state index contributed by atoms with van der Waals surface area (Å²) in [6, 6.07) is 10.9. The molecule has 1 aromatic carbocycles. The van der Waals surface area contributed by atoms with E-state index in [0.717, 1.165) is 11.4 Å². The van der Waals surface area contributed by atoms with Crippen LogP contribution in [0.1, 0.15) is 33.7 Å². The normalized spacial score (nSPS) is 12.1. The van der Waals surface area contributed by atoms with Crippen molar-refractivity contribution in [2.45, 2.75) is 13.0 Å². The van der Waals surface area contributed by atoms with E-state index in [1.54, 1.807) is 19.2 Å². The highest BCUT2D eigenvalue weighted by Gasteiger charge is 2.23. The number of amides is 1. The van der Waals surface area contributed by atoms with Gasteiger partial charge in [0, 0.05) is 25.5 Å². The first-order chi connectivity index (χ1) is 10.6. The van der Waals surface area contributed by atoms with Crippen LogP contribution in [0, 0.1) is 6.92 Å². The maximum atomic E-state index is 12.4. The number of nitrogens with one attached hydrogen (secondary N) is 1. The molecule has 0 bridgehead atoms. The predicted octanol–water partition coefficient (Wildman–Crippen LogP) is 2.24. The molecule has 2 aromatic heterocycles. The molecule has 0 radical (unpaired) electrons. The number of carbonyl (C=O) groups is 1. The summed E-state index contributed by atoms with van der Waals surface area (Å²) in [6.45, 7) is 1.77. The van der Waals surface area contributed by atoms with Crippen LogP contribution in [0.4, 0.5) is 0 Å². The van der Waals surface area contributed by atoms with E-state index in [2.05, 4.69) is 15.5 Å². The molecule has 0 aliphatic heterocycles. The van der Waals surface area contributed by atoms with Crippen molar-refractivity contribution in [2.24, 2.45) is 7.05 Å². The predicted molar refractivity (Wildman–Crippen MR) is 80.2 cm³/mol. The number of benzene rings is 1. The SMILES string of the molecule is Cc1cc(C(=O)NC(c2ccccc2)c2nccn2C)on1. The summed E-state index contributed by atoms with van der Waals surface area (Å²) < 4.78 is 6.90. The average Bonchev–Trinajstić information content (AvgIpc) is 3.14. The van der Waals surface area contributed by atoms with Gasteiger partial charge in [-0.25, -0.2) is 4.98 Å². The molecule has 0 fully saturated rings. The molecule has 3 aromatic rings. The lowest BCUT2D eigenvalue weighted by molar-refractivity contribution is 0.0904. The molecule has 3 rings (SSSR count). The zero-order valence-corrected chi connectivity index (χ0v) is 12.4. The van der Waals surface area contributed by atoms with E-state index in [-0.39, 0.29) is 17.7 Å². The van der Waals surface area contributed by atoms with Gasteiger partial charge in [0.2, 0.25) is 5.76 Å². The van der Waals surface area contributed by atoms with E-state index >= 15 is 0 Å². The van der Waals surface area contributed by atoms with Crippen LogP contribution in [-0.2, 0) is 7.05 Å². The molecule has 22 heavy (non-hydrogen) atoms. The van der Waals surface area contributed by atoms with Gasteiger partial charge in [-0.05, 0) is 12.5 Å². The number of hydrogen-bond acceptors (Lipinski definition) is 4. The Kier molecular flexibility index (Phi) is 3.74. The van der Waals surface area contributed by atoms with Crippen molar-refractivity contribution in [1.82, 2.24) is 20.0 Å². The Morgan fingerprint density at radius 2 is 2.09 bits per heavy atom. The van der Waals surface area contributed by atoms with Crippen molar-refractivity contribution in [3.63, 3.8) is 0 Å². The monoisotopic (exact) mass is 296 g/mol. The van der Waals surface area contributed by atoms with Crippen LogP contribution < -0.4 is 5.32 Å². The Balaban J connectivity index is 1.93. The van der Waals surface area contributed by atoms with Crippen LogP contribution in [0.15, 0.2) is 53.3 Å². The lowest BCUT2D eigenvalue weighted by atomic mass is 10.1. The zero-order valence-electron chi connectivity index (χ0n) is 12.4. The molecule has 1 atom stereocenters. The second-order valence-corrected chi connectivity index (χ2v) is 5.05. The fourth-order valence-corrected chi connectivity index (χ4v) is 2.27. The van der Waals surface area contributed by atoms with E-state index in [0.29, 0.717) is 5.69 Å². The number of aryl methyl sites for hydroxylation is 2. The summed E-state index contributed by atoms with van der Waals surface area (Å²) in [5.74, 6) is 0.612. The first kappa shape index (κ1) is 14.1. The number of hydrogen-bond donors (Lipinski definition) is 1. The molecule has 0 aliphatic carbocycles. The number of carbonyl (C=O) groups excluding carboxylic acids is 1. The Morgan fingerprint density at radius 1 is 1.32 bits per heavy atom. The third-order valence-corrected chi connectivity index (χ3v) is 3.38. The molecule has 6 heteroatoms. The fraction of sp³-hybridized carbons (Fsp3) is 0.188. The number of aromatic nitrogens is 3. The average molecular weight is 296 g/mol. The smallest absolute Gasteiger partial charge is 0.290 e. The van der Waals surface area contributed by atoms with Crippen molar-refractivity contribution >= 4 is 5.91 Å². The fourth-order valence-electron chi connectivity index (χ4n) is 2.27. The Morgan fingerprint density at radius 3 is 2.68 bits per heavy atom. The van der Waals surface area contributed by atoms with Gasteiger partial charge >= 0.3 is 0 Å². The molecular formula is C16H16N4O2. The summed E-state index contributed by atoms with van der Waals surface area (Å²) in [5.41, 5.74) is 1.61. The van der Waals surface area contributed by atoms with Crippen LogP contribution in [0.2, 0.25) is 0 Å². The van der Waals surface area contributed by atoms with Gasteiger partial charge in [-0.2, -0.15) is 0 Å². The maximum absolute atomic E-state index is 12.4. The summed E-state index contributed by atoms with van der Waals surface area (Å²) in [7, 11) is 1.89. The molecule has 6 nitrogen and oxygen atoms in total. The van der Waals surface area contributed by atoms with Crippen LogP contribution >= 0.6 is 0 Å². The van der Waals surface area contributed by atoms with Gasteiger partial charge in [0.15, 0.2) is 0 Å². The van der Waals surface area contributed by atoms with Crippen molar-refractivity contribution in [3.05, 3.63) is 71.6 Å². The first-order valence-corrected chi connectivity index (χ1v) is 6.91. The minimum absolute atomic E-state index is 0.188. The highest BCUT2D eigenvalue weighted by atomic mass is 16.5. The van der Waals surface area contributed by atoms with Gasteiger partial charge in [0.25, 0.3) is 5.91 Å². The minimum Gasteiger partial charge on any atom is -0.351 e. The Bertz CT molecular complexity index is 776. The van der Waals surface area contributed by atoms with Crippen molar-refractivity contribution in [2.75, 3.05) is 0 Å². The highest BCUT2D eigenvalue weighted by Crippen LogP contribution is 2.20. The van der Waals surface area contributed by atoms with E-state index in [4.69, 9.17) is 4.52 Å². The summed E-state index contributed by atoms with van der Waals surface area (Å²) in [5, 5.41) is 6.69. The van der Waals surface area contributed by atoms with Crippen LogP contribution in [0.5, 0.6) is 0 Å². The molecule has 0 saturated carbocycles.